The van der Waals surface area contributed by atoms with Crippen molar-refractivity contribution >= 4 is 5.97 Å². The van der Waals surface area contributed by atoms with Crippen LogP contribution in [0.4, 0.5) is 0 Å². The van der Waals surface area contributed by atoms with E-state index < -0.39 is 5.97 Å². The Bertz CT molecular complexity index is 1380. The average molecular weight is 481 g/mol. The van der Waals surface area contributed by atoms with Crippen LogP contribution in [0, 0.1) is 0 Å². The second-order valence-electron chi connectivity index (χ2n) is 9.73. The molecule has 0 atom stereocenters. The van der Waals surface area contributed by atoms with Gasteiger partial charge >= 0.3 is 11.7 Å². The lowest BCUT2D eigenvalue weighted by atomic mass is 9.87. The number of carboxylic acids is 1. The van der Waals surface area contributed by atoms with Gasteiger partial charge < -0.3 is 5.11 Å². The highest BCUT2D eigenvalue weighted by Crippen LogP contribution is 2.32. The summed E-state index contributed by atoms with van der Waals surface area (Å²) >= 11 is 0. The highest BCUT2D eigenvalue weighted by atomic mass is 16.4. The van der Waals surface area contributed by atoms with Crippen LogP contribution in [0.2, 0.25) is 0 Å². The van der Waals surface area contributed by atoms with Crippen molar-refractivity contribution in [3.8, 4) is 11.1 Å². The fourth-order valence-electron chi connectivity index (χ4n) is 5.38. The van der Waals surface area contributed by atoms with Crippen molar-refractivity contribution in [1.29, 1.82) is 0 Å². The normalized spacial score (nSPS) is 14.1. The number of hydrogen-bond donors (Lipinski definition) is 1. The standard InChI is InChI=1S/C31H32N2O3/c34-30(35)28-14-8-7-13-27(28)25-17-15-24(16-18-25)21-33-29(26-11-5-2-6-12-26)22-32(31(33)36)20-19-23-9-3-1-4-10-23/h1,3-4,7-10,13-18,22,26H,2,5-6,11-12,19-21H2,(H,34,35). The Kier molecular flexibility index (Phi) is 7.17. The highest BCUT2D eigenvalue weighted by molar-refractivity contribution is 5.95. The molecule has 0 unspecified atom stereocenters. The largest absolute Gasteiger partial charge is 0.478 e. The van der Waals surface area contributed by atoms with Crippen LogP contribution in [0.1, 0.15) is 65.2 Å². The summed E-state index contributed by atoms with van der Waals surface area (Å²) in [6.45, 7) is 1.18. The van der Waals surface area contributed by atoms with E-state index in [1.54, 1.807) is 12.1 Å². The number of rotatable bonds is 8. The number of carboxylic acid groups (broad SMARTS) is 1. The van der Waals surface area contributed by atoms with Gasteiger partial charge in [-0.25, -0.2) is 9.59 Å². The van der Waals surface area contributed by atoms with Crippen molar-refractivity contribution in [3.63, 3.8) is 0 Å². The summed E-state index contributed by atoms with van der Waals surface area (Å²) in [7, 11) is 0. The van der Waals surface area contributed by atoms with Gasteiger partial charge in [-0.3, -0.25) is 9.13 Å². The fourth-order valence-corrected chi connectivity index (χ4v) is 5.38. The third kappa shape index (κ3) is 5.20. The van der Waals surface area contributed by atoms with Crippen molar-refractivity contribution < 1.29 is 9.90 Å². The Labute approximate surface area is 211 Å². The van der Waals surface area contributed by atoms with Gasteiger partial charge in [0, 0.05) is 24.4 Å². The summed E-state index contributed by atoms with van der Waals surface area (Å²) in [6.07, 6.45) is 8.89. The van der Waals surface area contributed by atoms with Gasteiger partial charge in [-0.2, -0.15) is 0 Å². The first-order valence-electron chi connectivity index (χ1n) is 12.9. The molecule has 0 radical (unpaired) electrons. The molecule has 5 nitrogen and oxygen atoms in total. The summed E-state index contributed by atoms with van der Waals surface area (Å²) in [6, 6.07) is 25.3. The van der Waals surface area contributed by atoms with Crippen LogP contribution in [0.3, 0.4) is 0 Å². The molecular weight excluding hydrogens is 448 g/mol. The summed E-state index contributed by atoms with van der Waals surface area (Å²) in [4.78, 5) is 25.2. The average Bonchev–Trinajstić information content (AvgIpc) is 3.23. The van der Waals surface area contributed by atoms with Crippen LogP contribution in [0.25, 0.3) is 11.1 Å². The molecule has 1 aliphatic carbocycles. The SMILES string of the molecule is O=C(O)c1ccccc1-c1ccc(Cn2c(C3CCCCC3)cn(CCc3ccccc3)c2=O)cc1. The molecule has 1 fully saturated rings. The molecule has 184 valence electrons. The Morgan fingerprint density at radius 2 is 1.53 bits per heavy atom. The van der Waals surface area contributed by atoms with E-state index in [0.29, 0.717) is 24.6 Å². The highest BCUT2D eigenvalue weighted by Gasteiger charge is 2.22. The number of aromatic nitrogens is 2. The molecule has 0 spiro atoms. The fraction of sp³-hybridized carbons (Fsp3) is 0.290. The molecule has 3 aromatic carbocycles. The molecule has 0 bridgehead atoms. The van der Waals surface area contributed by atoms with Crippen LogP contribution in [-0.4, -0.2) is 20.2 Å². The predicted molar refractivity (Wildman–Crippen MR) is 143 cm³/mol. The monoisotopic (exact) mass is 480 g/mol. The van der Waals surface area contributed by atoms with Gasteiger partial charge in [0.2, 0.25) is 0 Å². The summed E-state index contributed by atoms with van der Waals surface area (Å²) in [5, 5.41) is 9.54. The lowest BCUT2D eigenvalue weighted by Gasteiger charge is -2.22. The van der Waals surface area contributed by atoms with Gasteiger partial charge in [-0.1, -0.05) is 92.1 Å². The minimum Gasteiger partial charge on any atom is -0.478 e. The lowest BCUT2D eigenvalue weighted by Crippen LogP contribution is -2.27. The Hall–Kier alpha value is -3.86. The molecule has 0 aliphatic heterocycles. The number of benzene rings is 3. The van der Waals surface area contributed by atoms with Crippen molar-refractivity contribution in [2.75, 3.05) is 0 Å². The summed E-state index contributed by atoms with van der Waals surface area (Å²) < 4.78 is 3.84. The minimum atomic E-state index is -0.935. The molecule has 4 aromatic rings. The Morgan fingerprint density at radius 1 is 0.833 bits per heavy atom. The van der Waals surface area contributed by atoms with Gasteiger partial charge in [-0.15, -0.1) is 0 Å². The Balaban J connectivity index is 1.42. The van der Waals surface area contributed by atoms with E-state index in [9.17, 15) is 14.7 Å². The number of imidazole rings is 1. The number of nitrogens with zero attached hydrogens (tertiary/aromatic N) is 2. The van der Waals surface area contributed by atoms with Gasteiger partial charge in [0.25, 0.3) is 0 Å². The molecule has 1 N–H and O–H groups in total. The zero-order valence-corrected chi connectivity index (χ0v) is 20.5. The van der Waals surface area contributed by atoms with Crippen molar-refractivity contribution in [1.82, 2.24) is 9.13 Å². The van der Waals surface area contributed by atoms with Crippen molar-refractivity contribution in [2.24, 2.45) is 0 Å². The van der Waals surface area contributed by atoms with E-state index in [1.807, 2.05) is 63.7 Å². The number of carbonyl (C=O) groups is 1. The molecule has 1 saturated carbocycles. The zero-order valence-electron chi connectivity index (χ0n) is 20.5. The topological polar surface area (TPSA) is 64.2 Å². The summed E-state index contributed by atoms with van der Waals surface area (Å²) in [5.41, 5.74) is 5.30. The van der Waals surface area contributed by atoms with Crippen LogP contribution in [0.5, 0.6) is 0 Å². The quantitative estimate of drug-likeness (QED) is 0.319. The molecule has 0 saturated heterocycles. The maximum Gasteiger partial charge on any atom is 0.336 e. The van der Waals surface area contributed by atoms with E-state index in [4.69, 9.17) is 0 Å². The first kappa shape index (κ1) is 23.9. The van der Waals surface area contributed by atoms with Crippen molar-refractivity contribution in [2.45, 2.75) is 57.5 Å². The van der Waals surface area contributed by atoms with E-state index in [1.165, 1.54) is 24.8 Å². The maximum absolute atomic E-state index is 13.5. The van der Waals surface area contributed by atoms with E-state index in [-0.39, 0.29) is 11.3 Å². The summed E-state index contributed by atoms with van der Waals surface area (Å²) in [5.74, 6) is -0.513. The van der Waals surface area contributed by atoms with Gasteiger partial charge in [0.05, 0.1) is 12.1 Å². The third-order valence-corrected chi connectivity index (χ3v) is 7.35. The van der Waals surface area contributed by atoms with Crippen molar-refractivity contribution in [3.05, 3.63) is 118 Å². The van der Waals surface area contributed by atoms with Gasteiger partial charge in [-0.05, 0) is 47.6 Å². The first-order valence-corrected chi connectivity index (χ1v) is 12.9. The number of hydrogen-bond acceptors (Lipinski definition) is 2. The molecule has 1 aromatic heterocycles. The van der Waals surface area contributed by atoms with Crippen LogP contribution >= 0.6 is 0 Å². The van der Waals surface area contributed by atoms with Gasteiger partial charge in [0.15, 0.2) is 0 Å². The second kappa shape index (κ2) is 10.8. The number of aromatic carboxylic acids is 1. The molecule has 1 aliphatic rings. The first-order chi connectivity index (χ1) is 17.6. The van der Waals surface area contributed by atoms with E-state index >= 15 is 0 Å². The van der Waals surface area contributed by atoms with E-state index in [2.05, 4.69) is 18.3 Å². The molecule has 5 heteroatoms. The smallest absolute Gasteiger partial charge is 0.336 e. The van der Waals surface area contributed by atoms with Gasteiger partial charge in [0.1, 0.15) is 0 Å². The van der Waals surface area contributed by atoms with E-state index in [0.717, 1.165) is 36.1 Å². The molecule has 0 amide bonds. The second-order valence-corrected chi connectivity index (χ2v) is 9.73. The lowest BCUT2D eigenvalue weighted by molar-refractivity contribution is 0.0697. The molecule has 5 rings (SSSR count). The predicted octanol–water partition coefficient (Wildman–Crippen LogP) is 6.35. The molecule has 1 heterocycles. The maximum atomic E-state index is 13.5. The van der Waals surface area contributed by atoms with Crippen LogP contribution in [-0.2, 0) is 19.5 Å². The Morgan fingerprint density at radius 3 is 2.25 bits per heavy atom. The van der Waals surface area contributed by atoms with Crippen LogP contribution in [0.15, 0.2) is 89.9 Å². The van der Waals surface area contributed by atoms with Crippen LogP contribution < -0.4 is 5.69 Å². The minimum absolute atomic E-state index is 0.0480. The molecule has 36 heavy (non-hydrogen) atoms. The zero-order chi connectivity index (χ0) is 24.9. The number of aryl methyl sites for hydroxylation is 2. The third-order valence-electron chi connectivity index (χ3n) is 7.35. The molecular formula is C31H32N2O3.